The molecule has 0 spiro atoms. The minimum absolute atomic E-state index is 0.0621. The van der Waals surface area contributed by atoms with Gasteiger partial charge < -0.3 is 9.72 Å². The fourth-order valence-electron chi connectivity index (χ4n) is 2.32. The first kappa shape index (κ1) is 18.5. The summed E-state index contributed by atoms with van der Waals surface area (Å²) in [6, 6.07) is 10.1. The number of thiophene rings is 1. The lowest BCUT2D eigenvalue weighted by Crippen LogP contribution is -2.33. The maximum absolute atomic E-state index is 12.0. The second-order valence-electron chi connectivity index (χ2n) is 5.55. The molecule has 8 nitrogen and oxygen atoms in total. The lowest BCUT2D eigenvalue weighted by atomic mass is 10.2. The van der Waals surface area contributed by atoms with Gasteiger partial charge in [0.1, 0.15) is 5.82 Å². The van der Waals surface area contributed by atoms with Gasteiger partial charge in [-0.15, -0.1) is 11.3 Å². The molecule has 0 unspecified atom stereocenters. The van der Waals surface area contributed by atoms with Crippen molar-refractivity contribution in [2.45, 2.75) is 12.8 Å². The summed E-state index contributed by atoms with van der Waals surface area (Å²) in [7, 11) is 0. The zero-order chi connectivity index (χ0) is 19.2. The number of benzene rings is 1. The molecule has 0 radical (unpaired) electrons. The number of ether oxygens (including phenoxy) is 1. The predicted molar refractivity (Wildman–Crippen MR) is 98.4 cm³/mol. The normalized spacial score (nSPS) is 10.5. The van der Waals surface area contributed by atoms with Crippen LogP contribution in [0.2, 0.25) is 0 Å². The van der Waals surface area contributed by atoms with Gasteiger partial charge in [0.05, 0.1) is 22.2 Å². The summed E-state index contributed by atoms with van der Waals surface area (Å²) >= 11 is 1.20. The molecule has 2 aromatic heterocycles. The Morgan fingerprint density at radius 3 is 2.74 bits per heavy atom. The molecule has 3 aromatic rings. The topological polar surface area (TPSA) is 118 Å². The maximum atomic E-state index is 12.0. The average Bonchev–Trinajstić information content (AvgIpc) is 3.20. The highest BCUT2D eigenvalue weighted by molar-refractivity contribution is 7.12. The van der Waals surface area contributed by atoms with Gasteiger partial charge in [0, 0.05) is 6.42 Å². The van der Waals surface area contributed by atoms with Gasteiger partial charge in [-0.3, -0.25) is 24.5 Å². The van der Waals surface area contributed by atoms with Crippen molar-refractivity contribution in [2.24, 2.45) is 0 Å². The van der Waals surface area contributed by atoms with Crippen LogP contribution in [-0.2, 0) is 20.7 Å². The Morgan fingerprint density at radius 1 is 1.15 bits per heavy atom. The zero-order valence-corrected chi connectivity index (χ0v) is 14.9. The smallest absolute Gasteiger partial charge is 0.306 e. The van der Waals surface area contributed by atoms with Crippen molar-refractivity contribution in [3.05, 3.63) is 62.8 Å². The van der Waals surface area contributed by atoms with Crippen molar-refractivity contribution in [3.8, 4) is 0 Å². The number of para-hydroxylation sites is 1. The second-order valence-corrected chi connectivity index (χ2v) is 6.49. The third-order valence-corrected chi connectivity index (χ3v) is 4.46. The van der Waals surface area contributed by atoms with Crippen LogP contribution in [0.4, 0.5) is 0 Å². The van der Waals surface area contributed by atoms with Gasteiger partial charge in [-0.25, -0.2) is 4.98 Å². The molecule has 0 atom stereocenters. The number of carbonyl (C=O) groups is 3. The van der Waals surface area contributed by atoms with E-state index < -0.39 is 24.4 Å². The van der Waals surface area contributed by atoms with Crippen LogP contribution in [-0.4, -0.2) is 34.4 Å². The number of aromatic nitrogens is 2. The number of aromatic amines is 1. The van der Waals surface area contributed by atoms with Crippen LogP contribution in [0.1, 0.15) is 21.9 Å². The van der Waals surface area contributed by atoms with Crippen molar-refractivity contribution in [3.63, 3.8) is 0 Å². The van der Waals surface area contributed by atoms with Gasteiger partial charge in [-0.1, -0.05) is 18.2 Å². The molecule has 1 aromatic carbocycles. The molecule has 0 saturated heterocycles. The first-order chi connectivity index (χ1) is 13.0. The monoisotopic (exact) mass is 385 g/mol. The standard InChI is InChI=1S/C18H15N3O5S/c22-15(21-18(25)13-6-3-9-27-13)10-26-16(23)8-7-14-19-12-5-2-1-4-11(12)17(24)20-14/h1-6,9H,7-8,10H2,(H,19,20,24)(H,21,22,25). The number of rotatable bonds is 6. The molecule has 0 bridgehead atoms. The van der Waals surface area contributed by atoms with Crippen molar-refractivity contribution in [1.82, 2.24) is 15.3 Å². The highest BCUT2D eigenvalue weighted by Crippen LogP contribution is 2.08. The molecule has 27 heavy (non-hydrogen) atoms. The number of imide groups is 1. The summed E-state index contributed by atoms with van der Waals surface area (Å²) in [5.41, 5.74) is 0.256. The van der Waals surface area contributed by atoms with Crippen LogP contribution in [0.25, 0.3) is 10.9 Å². The average molecular weight is 385 g/mol. The molecule has 2 N–H and O–H groups in total. The third-order valence-electron chi connectivity index (χ3n) is 3.59. The molecular weight excluding hydrogens is 370 g/mol. The molecule has 138 valence electrons. The number of esters is 1. The van der Waals surface area contributed by atoms with Crippen molar-refractivity contribution < 1.29 is 19.1 Å². The van der Waals surface area contributed by atoms with E-state index in [1.165, 1.54) is 11.3 Å². The number of hydrogen-bond donors (Lipinski definition) is 2. The summed E-state index contributed by atoms with van der Waals surface area (Å²) in [6.07, 6.45) is 0.0993. The lowest BCUT2D eigenvalue weighted by Gasteiger charge is -2.05. The van der Waals surface area contributed by atoms with Crippen LogP contribution in [0.15, 0.2) is 46.6 Å². The fraction of sp³-hybridized carbons (Fsp3) is 0.167. The van der Waals surface area contributed by atoms with Gasteiger partial charge in [-0.2, -0.15) is 0 Å². The van der Waals surface area contributed by atoms with Crippen LogP contribution < -0.4 is 10.9 Å². The Bertz CT molecular complexity index is 1040. The Balaban J connectivity index is 1.48. The Labute approximate surface area is 157 Å². The van der Waals surface area contributed by atoms with Crippen molar-refractivity contribution in [1.29, 1.82) is 0 Å². The van der Waals surface area contributed by atoms with E-state index in [9.17, 15) is 19.2 Å². The molecule has 0 fully saturated rings. The number of amides is 2. The van der Waals surface area contributed by atoms with E-state index in [-0.39, 0.29) is 18.4 Å². The van der Waals surface area contributed by atoms with E-state index in [1.807, 2.05) is 0 Å². The minimum atomic E-state index is -0.709. The third kappa shape index (κ3) is 4.85. The molecular formula is C18H15N3O5S. The predicted octanol–water partition coefficient (Wildman–Crippen LogP) is 1.42. The summed E-state index contributed by atoms with van der Waals surface area (Å²) in [4.78, 5) is 54.4. The number of carbonyl (C=O) groups excluding carboxylic acids is 3. The van der Waals surface area contributed by atoms with E-state index in [2.05, 4.69) is 15.3 Å². The Hall–Kier alpha value is -3.33. The van der Waals surface area contributed by atoms with E-state index in [0.29, 0.717) is 21.6 Å². The van der Waals surface area contributed by atoms with Crippen LogP contribution in [0.3, 0.4) is 0 Å². The largest absolute Gasteiger partial charge is 0.456 e. The number of fused-ring (bicyclic) bond motifs is 1. The molecule has 2 amide bonds. The molecule has 3 rings (SSSR count). The zero-order valence-electron chi connectivity index (χ0n) is 14.1. The molecule has 0 aliphatic heterocycles. The van der Waals surface area contributed by atoms with E-state index in [4.69, 9.17) is 4.74 Å². The first-order valence-corrected chi connectivity index (χ1v) is 8.92. The molecule has 2 heterocycles. The van der Waals surface area contributed by atoms with E-state index in [0.717, 1.165) is 0 Å². The summed E-state index contributed by atoms with van der Waals surface area (Å²) in [5, 5.41) is 4.32. The summed E-state index contributed by atoms with van der Waals surface area (Å²) < 4.78 is 4.84. The van der Waals surface area contributed by atoms with Gasteiger partial charge in [-0.05, 0) is 23.6 Å². The van der Waals surface area contributed by atoms with Gasteiger partial charge in [0.2, 0.25) is 0 Å². The Kier molecular flexibility index (Phi) is 5.72. The first-order valence-electron chi connectivity index (χ1n) is 8.04. The van der Waals surface area contributed by atoms with Crippen LogP contribution in [0, 0.1) is 0 Å². The molecule has 0 saturated carbocycles. The van der Waals surface area contributed by atoms with Gasteiger partial charge in [0.25, 0.3) is 17.4 Å². The minimum Gasteiger partial charge on any atom is -0.456 e. The number of H-pyrrole nitrogens is 1. The Morgan fingerprint density at radius 2 is 1.96 bits per heavy atom. The quantitative estimate of drug-likeness (QED) is 0.620. The van der Waals surface area contributed by atoms with Crippen LogP contribution >= 0.6 is 11.3 Å². The SMILES string of the molecule is O=C(COC(=O)CCc1nc2ccccc2c(=O)[nH]1)NC(=O)c1cccs1. The second kappa shape index (κ2) is 8.37. The van der Waals surface area contributed by atoms with Gasteiger partial charge in [0.15, 0.2) is 6.61 Å². The highest BCUT2D eigenvalue weighted by atomic mass is 32.1. The van der Waals surface area contributed by atoms with Crippen molar-refractivity contribution >= 4 is 40.0 Å². The van der Waals surface area contributed by atoms with Crippen molar-refractivity contribution in [2.75, 3.05) is 6.61 Å². The number of nitrogens with one attached hydrogen (secondary N) is 2. The van der Waals surface area contributed by atoms with Crippen LogP contribution in [0.5, 0.6) is 0 Å². The summed E-state index contributed by atoms with van der Waals surface area (Å²) in [5.74, 6) is -1.53. The van der Waals surface area contributed by atoms with Gasteiger partial charge >= 0.3 is 5.97 Å². The van der Waals surface area contributed by atoms with E-state index in [1.54, 1.807) is 41.8 Å². The summed E-state index contributed by atoms with van der Waals surface area (Å²) in [6.45, 7) is -0.558. The maximum Gasteiger partial charge on any atom is 0.306 e. The fourth-order valence-corrected chi connectivity index (χ4v) is 2.94. The molecule has 9 heteroatoms. The highest BCUT2D eigenvalue weighted by Gasteiger charge is 2.14. The number of hydrogen-bond acceptors (Lipinski definition) is 7. The number of nitrogens with zero attached hydrogens (tertiary/aromatic N) is 1. The lowest BCUT2D eigenvalue weighted by molar-refractivity contribution is -0.148. The number of aryl methyl sites for hydroxylation is 1. The molecule has 0 aliphatic carbocycles. The van der Waals surface area contributed by atoms with E-state index >= 15 is 0 Å². The molecule has 0 aliphatic rings.